The summed E-state index contributed by atoms with van der Waals surface area (Å²) in [6.45, 7) is 7.68. The molecular formula is C13H18N6O. The quantitative estimate of drug-likeness (QED) is 0.828. The zero-order valence-corrected chi connectivity index (χ0v) is 11.7. The summed E-state index contributed by atoms with van der Waals surface area (Å²) >= 11 is 0. The number of aromatic nitrogens is 4. The van der Waals surface area contributed by atoms with E-state index in [0.29, 0.717) is 11.7 Å². The standard InChI is InChI=1S/C13H18N6O/c1-10(13-16-11(2)17-20-13)18-5-7-19(8-6-18)12-9-14-3-4-15-12/h3-4,9-10H,5-8H2,1-2H3. The Morgan fingerprint density at radius 2 is 2.00 bits per heavy atom. The molecule has 0 amide bonds. The molecule has 7 heteroatoms. The molecule has 1 saturated heterocycles. The van der Waals surface area contributed by atoms with E-state index in [1.807, 2.05) is 6.92 Å². The first-order valence-corrected chi connectivity index (χ1v) is 6.79. The highest BCUT2D eigenvalue weighted by Gasteiger charge is 2.25. The van der Waals surface area contributed by atoms with E-state index in [1.54, 1.807) is 18.6 Å². The first-order valence-electron chi connectivity index (χ1n) is 6.79. The van der Waals surface area contributed by atoms with Crippen LogP contribution in [-0.2, 0) is 0 Å². The monoisotopic (exact) mass is 274 g/mol. The van der Waals surface area contributed by atoms with Crippen molar-refractivity contribution >= 4 is 5.82 Å². The van der Waals surface area contributed by atoms with E-state index in [9.17, 15) is 0 Å². The van der Waals surface area contributed by atoms with Gasteiger partial charge in [-0.25, -0.2) is 4.98 Å². The first-order chi connectivity index (χ1) is 9.74. The van der Waals surface area contributed by atoms with E-state index >= 15 is 0 Å². The van der Waals surface area contributed by atoms with Gasteiger partial charge in [0.1, 0.15) is 5.82 Å². The van der Waals surface area contributed by atoms with Crippen molar-refractivity contribution in [2.75, 3.05) is 31.1 Å². The number of hydrogen-bond acceptors (Lipinski definition) is 7. The lowest BCUT2D eigenvalue weighted by Gasteiger charge is -2.37. The average molecular weight is 274 g/mol. The van der Waals surface area contributed by atoms with Gasteiger partial charge in [-0.2, -0.15) is 4.98 Å². The van der Waals surface area contributed by atoms with Gasteiger partial charge in [-0.3, -0.25) is 9.88 Å². The fraction of sp³-hybridized carbons (Fsp3) is 0.538. The van der Waals surface area contributed by atoms with Crippen molar-refractivity contribution in [1.29, 1.82) is 0 Å². The van der Waals surface area contributed by atoms with Crippen molar-refractivity contribution in [1.82, 2.24) is 25.0 Å². The number of anilines is 1. The molecule has 0 radical (unpaired) electrons. The normalized spacial score (nSPS) is 18.2. The van der Waals surface area contributed by atoms with Gasteiger partial charge < -0.3 is 9.42 Å². The molecule has 20 heavy (non-hydrogen) atoms. The average Bonchev–Trinajstić information content (AvgIpc) is 2.94. The van der Waals surface area contributed by atoms with Crippen molar-refractivity contribution in [2.45, 2.75) is 19.9 Å². The summed E-state index contributed by atoms with van der Waals surface area (Å²) < 4.78 is 5.25. The molecule has 0 aromatic carbocycles. The second-order valence-corrected chi connectivity index (χ2v) is 4.94. The topological polar surface area (TPSA) is 71.2 Å². The van der Waals surface area contributed by atoms with Crippen molar-refractivity contribution < 1.29 is 4.52 Å². The Hall–Kier alpha value is -2.02. The number of piperazine rings is 1. The van der Waals surface area contributed by atoms with Gasteiger partial charge in [-0.05, 0) is 13.8 Å². The Morgan fingerprint density at radius 1 is 1.20 bits per heavy atom. The molecule has 3 rings (SSSR count). The van der Waals surface area contributed by atoms with Crippen LogP contribution >= 0.6 is 0 Å². The lowest BCUT2D eigenvalue weighted by atomic mass is 10.2. The molecule has 2 aromatic heterocycles. The van der Waals surface area contributed by atoms with E-state index in [-0.39, 0.29) is 6.04 Å². The third-order valence-electron chi connectivity index (χ3n) is 3.64. The summed E-state index contributed by atoms with van der Waals surface area (Å²) in [5, 5.41) is 3.85. The fourth-order valence-corrected chi connectivity index (χ4v) is 2.43. The minimum absolute atomic E-state index is 0.153. The Kier molecular flexibility index (Phi) is 3.60. The Balaban J connectivity index is 1.61. The SMILES string of the molecule is Cc1noc(C(C)N2CCN(c3cnccn3)CC2)n1. The molecule has 106 valence electrons. The van der Waals surface area contributed by atoms with Crippen LogP contribution in [0.4, 0.5) is 5.82 Å². The van der Waals surface area contributed by atoms with Gasteiger partial charge in [-0.1, -0.05) is 5.16 Å². The maximum Gasteiger partial charge on any atom is 0.243 e. The molecule has 1 aliphatic rings. The summed E-state index contributed by atoms with van der Waals surface area (Å²) in [5.74, 6) is 2.31. The number of hydrogen-bond donors (Lipinski definition) is 0. The number of nitrogens with zero attached hydrogens (tertiary/aromatic N) is 6. The third-order valence-corrected chi connectivity index (χ3v) is 3.64. The van der Waals surface area contributed by atoms with E-state index in [4.69, 9.17) is 4.52 Å². The third kappa shape index (κ3) is 2.62. The van der Waals surface area contributed by atoms with E-state index < -0.39 is 0 Å². The second-order valence-electron chi connectivity index (χ2n) is 4.94. The zero-order valence-electron chi connectivity index (χ0n) is 11.7. The van der Waals surface area contributed by atoms with Crippen LogP contribution in [0.1, 0.15) is 24.7 Å². The molecule has 7 nitrogen and oxygen atoms in total. The maximum atomic E-state index is 5.25. The number of aryl methyl sites for hydroxylation is 1. The van der Waals surface area contributed by atoms with Gasteiger partial charge in [0, 0.05) is 38.6 Å². The molecule has 0 N–H and O–H groups in total. The maximum absolute atomic E-state index is 5.25. The molecule has 2 aromatic rings. The van der Waals surface area contributed by atoms with Crippen LogP contribution < -0.4 is 4.90 Å². The Labute approximate surface area is 117 Å². The molecule has 0 bridgehead atoms. The molecule has 1 aliphatic heterocycles. The fourth-order valence-electron chi connectivity index (χ4n) is 2.43. The van der Waals surface area contributed by atoms with Crippen LogP contribution in [-0.4, -0.2) is 51.2 Å². The summed E-state index contributed by atoms with van der Waals surface area (Å²) in [6.07, 6.45) is 5.23. The van der Waals surface area contributed by atoms with Crippen LogP contribution in [0.15, 0.2) is 23.1 Å². The van der Waals surface area contributed by atoms with Crippen LogP contribution in [0.2, 0.25) is 0 Å². The minimum atomic E-state index is 0.153. The smallest absolute Gasteiger partial charge is 0.243 e. The van der Waals surface area contributed by atoms with Gasteiger partial charge in [0.15, 0.2) is 5.82 Å². The van der Waals surface area contributed by atoms with Crippen molar-refractivity contribution in [3.63, 3.8) is 0 Å². The highest BCUT2D eigenvalue weighted by molar-refractivity contribution is 5.35. The van der Waals surface area contributed by atoms with Gasteiger partial charge >= 0.3 is 0 Å². The van der Waals surface area contributed by atoms with Crippen LogP contribution in [0.3, 0.4) is 0 Å². The van der Waals surface area contributed by atoms with Gasteiger partial charge in [-0.15, -0.1) is 0 Å². The van der Waals surface area contributed by atoms with Crippen molar-refractivity contribution in [2.24, 2.45) is 0 Å². The molecule has 3 heterocycles. The summed E-state index contributed by atoms with van der Waals surface area (Å²) in [6, 6.07) is 0.153. The van der Waals surface area contributed by atoms with Gasteiger partial charge in [0.05, 0.1) is 12.2 Å². The lowest BCUT2D eigenvalue weighted by molar-refractivity contribution is 0.164. The molecule has 0 saturated carbocycles. The first kappa shape index (κ1) is 13.0. The minimum Gasteiger partial charge on any atom is -0.353 e. The highest BCUT2D eigenvalue weighted by atomic mass is 16.5. The Morgan fingerprint density at radius 3 is 2.60 bits per heavy atom. The van der Waals surface area contributed by atoms with E-state index in [0.717, 1.165) is 32.0 Å². The molecule has 0 spiro atoms. The lowest BCUT2D eigenvalue weighted by Crippen LogP contribution is -2.47. The molecule has 1 unspecified atom stereocenters. The molecular weight excluding hydrogens is 256 g/mol. The second kappa shape index (κ2) is 5.54. The summed E-state index contributed by atoms with van der Waals surface area (Å²) in [5.41, 5.74) is 0. The molecule has 1 fully saturated rings. The number of rotatable bonds is 3. The molecule has 1 atom stereocenters. The van der Waals surface area contributed by atoms with Crippen molar-refractivity contribution in [3.05, 3.63) is 30.3 Å². The predicted molar refractivity (Wildman–Crippen MR) is 73.3 cm³/mol. The predicted octanol–water partition coefficient (Wildman–Crippen LogP) is 1.05. The van der Waals surface area contributed by atoms with Gasteiger partial charge in [0.25, 0.3) is 0 Å². The van der Waals surface area contributed by atoms with E-state index in [2.05, 4.69) is 36.8 Å². The largest absolute Gasteiger partial charge is 0.353 e. The van der Waals surface area contributed by atoms with Crippen molar-refractivity contribution in [3.8, 4) is 0 Å². The Bertz CT molecular complexity index is 549. The van der Waals surface area contributed by atoms with E-state index in [1.165, 1.54) is 0 Å². The highest BCUT2D eigenvalue weighted by Crippen LogP contribution is 2.21. The van der Waals surface area contributed by atoms with Gasteiger partial charge in [0.2, 0.25) is 5.89 Å². The summed E-state index contributed by atoms with van der Waals surface area (Å²) in [7, 11) is 0. The van der Waals surface area contributed by atoms with Crippen LogP contribution in [0, 0.1) is 6.92 Å². The summed E-state index contributed by atoms with van der Waals surface area (Å²) in [4.78, 5) is 17.4. The zero-order chi connectivity index (χ0) is 13.9. The van der Waals surface area contributed by atoms with Crippen LogP contribution in [0.25, 0.3) is 0 Å². The van der Waals surface area contributed by atoms with Crippen LogP contribution in [0.5, 0.6) is 0 Å². The molecule has 0 aliphatic carbocycles.